The lowest BCUT2D eigenvalue weighted by Crippen LogP contribution is -2.13. The molecule has 0 saturated heterocycles. The number of alkyl halides is 3. The summed E-state index contributed by atoms with van der Waals surface area (Å²) in [7, 11) is 0. The zero-order valence-corrected chi connectivity index (χ0v) is 17.9. The Labute approximate surface area is 184 Å². The minimum absolute atomic E-state index is 0.164. The second kappa shape index (κ2) is 9.26. The van der Waals surface area contributed by atoms with E-state index in [1.54, 1.807) is 18.3 Å². The van der Waals surface area contributed by atoms with Crippen LogP contribution in [0.2, 0.25) is 0 Å². The third-order valence-electron chi connectivity index (χ3n) is 4.57. The number of hydrogen-bond acceptors (Lipinski definition) is 3. The van der Waals surface area contributed by atoms with Crippen LogP contribution in [-0.4, -0.2) is 10.9 Å². The molecule has 3 rings (SSSR count). The zero-order valence-electron chi connectivity index (χ0n) is 17.9. The number of amides is 1. The molecule has 0 aliphatic heterocycles. The molecule has 1 N–H and O–H groups in total. The van der Waals surface area contributed by atoms with Crippen LogP contribution in [0.1, 0.15) is 37.5 Å². The van der Waals surface area contributed by atoms with Crippen molar-refractivity contribution in [1.82, 2.24) is 4.98 Å². The summed E-state index contributed by atoms with van der Waals surface area (Å²) in [5.74, 6) is 0.308. The van der Waals surface area contributed by atoms with Crippen molar-refractivity contribution in [2.45, 2.75) is 32.4 Å². The molecule has 7 heteroatoms. The number of ether oxygens (including phenoxy) is 1. The fourth-order valence-electron chi connectivity index (χ4n) is 3.01. The molecule has 1 aromatic heterocycles. The Morgan fingerprint density at radius 3 is 2.47 bits per heavy atom. The smallest absolute Gasteiger partial charge is 0.416 e. The van der Waals surface area contributed by atoms with Gasteiger partial charge in [0.25, 0.3) is 0 Å². The maximum absolute atomic E-state index is 12.9. The highest BCUT2D eigenvalue weighted by molar-refractivity contribution is 6.02. The Morgan fingerprint density at radius 2 is 1.75 bits per heavy atom. The molecule has 0 spiro atoms. The maximum atomic E-state index is 12.9. The Kier molecular flexibility index (Phi) is 6.67. The molecule has 0 aliphatic carbocycles. The van der Waals surface area contributed by atoms with Crippen molar-refractivity contribution < 1.29 is 22.7 Å². The van der Waals surface area contributed by atoms with Crippen molar-refractivity contribution >= 4 is 17.7 Å². The average Bonchev–Trinajstić information content (AvgIpc) is 2.73. The fourth-order valence-corrected chi connectivity index (χ4v) is 3.01. The second-order valence-corrected chi connectivity index (χ2v) is 8.15. The van der Waals surface area contributed by atoms with Gasteiger partial charge >= 0.3 is 6.18 Å². The van der Waals surface area contributed by atoms with E-state index in [2.05, 4.69) is 31.1 Å². The molecule has 0 aliphatic rings. The molecule has 0 unspecified atom stereocenters. The topological polar surface area (TPSA) is 51.2 Å². The van der Waals surface area contributed by atoms with Crippen molar-refractivity contribution in [3.8, 4) is 11.6 Å². The Morgan fingerprint density at radius 1 is 1.00 bits per heavy atom. The number of nitrogens with zero attached hydrogens (tertiary/aromatic N) is 1. The van der Waals surface area contributed by atoms with E-state index < -0.39 is 17.6 Å². The maximum Gasteiger partial charge on any atom is 0.416 e. The van der Waals surface area contributed by atoms with Crippen molar-refractivity contribution in [1.29, 1.82) is 0 Å². The summed E-state index contributed by atoms with van der Waals surface area (Å²) >= 11 is 0. The minimum atomic E-state index is -4.45. The molecule has 0 radical (unpaired) electrons. The highest BCUT2D eigenvalue weighted by Crippen LogP contribution is 2.35. The third-order valence-corrected chi connectivity index (χ3v) is 4.57. The minimum Gasteiger partial charge on any atom is -0.437 e. The summed E-state index contributed by atoms with van der Waals surface area (Å²) in [6.07, 6.45) is -0.424. The third kappa shape index (κ3) is 5.97. The number of hydrogen-bond donors (Lipinski definition) is 1. The van der Waals surface area contributed by atoms with Crippen LogP contribution in [0.5, 0.6) is 11.6 Å². The Bertz CT molecular complexity index is 1130. The quantitative estimate of drug-likeness (QED) is 0.442. The van der Waals surface area contributed by atoms with Crippen LogP contribution in [0.3, 0.4) is 0 Å². The van der Waals surface area contributed by atoms with Gasteiger partial charge in [0, 0.05) is 17.8 Å². The van der Waals surface area contributed by atoms with Crippen molar-refractivity contribution in [3.05, 3.63) is 89.6 Å². The zero-order chi connectivity index (χ0) is 23.4. The summed E-state index contributed by atoms with van der Waals surface area (Å²) in [5.41, 5.74) is 0.641. The van der Waals surface area contributed by atoms with E-state index in [1.165, 1.54) is 18.2 Å². The van der Waals surface area contributed by atoms with Gasteiger partial charge in [-0.2, -0.15) is 13.2 Å². The van der Waals surface area contributed by atoms with Gasteiger partial charge in [-0.25, -0.2) is 4.98 Å². The fraction of sp³-hybridized carbons (Fsp3) is 0.200. The number of para-hydroxylation sites is 1. The lowest BCUT2D eigenvalue weighted by atomic mass is 9.86. The van der Waals surface area contributed by atoms with E-state index in [-0.39, 0.29) is 16.9 Å². The predicted octanol–water partition coefficient (Wildman–Crippen LogP) is 6.84. The van der Waals surface area contributed by atoms with Crippen LogP contribution < -0.4 is 10.1 Å². The number of benzene rings is 2. The molecule has 0 atom stereocenters. The molecule has 0 saturated carbocycles. The van der Waals surface area contributed by atoms with E-state index in [0.29, 0.717) is 11.4 Å². The molecular formula is C25H23F3N2O2. The molecule has 1 heterocycles. The van der Waals surface area contributed by atoms with Gasteiger partial charge in [0.15, 0.2) is 0 Å². The van der Waals surface area contributed by atoms with E-state index in [1.807, 2.05) is 24.3 Å². The Hall–Kier alpha value is -3.61. The monoisotopic (exact) mass is 440 g/mol. The van der Waals surface area contributed by atoms with E-state index in [4.69, 9.17) is 4.74 Å². The SMILES string of the molecule is CC(C)(C)c1ccccc1Oc1ncccc1NC(=O)/C=C/c1cccc(C(F)(F)F)c1. The summed E-state index contributed by atoms with van der Waals surface area (Å²) in [5, 5.41) is 2.67. The predicted molar refractivity (Wildman–Crippen MR) is 119 cm³/mol. The first-order chi connectivity index (χ1) is 15.0. The van der Waals surface area contributed by atoms with Crippen LogP contribution in [0.15, 0.2) is 72.9 Å². The number of nitrogens with one attached hydrogen (secondary N) is 1. The highest BCUT2D eigenvalue weighted by atomic mass is 19.4. The van der Waals surface area contributed by atoms with Gasteiger partial charge in [-0.3, -0.25) is 4.79 Å². The van der Waals surface area contributed by atoms with Crippen LogP contribution in [0, 0.1) is 0 Å². The van der Waals surface area contributed by atoms with Gasteiger partial charge < -0.3 is 10.1 Å². The highest BCUT2D eigenvalue weighted by Gasteiger charge is 2.30. The molecule has 2 aromatic carbocycles. The van der Waals surface area contributed by atoms with Gasteiger partial charge in [-0.15, -0.1) is 0 Å². The number of halogens is 3. The molecule has 166 valence electrons. The first-order valence-electron chi connectivity index (χ1n) is 9.93. The first kappa shape index (κ1) is 23.1. The first-order valence-corrected chi connectivity index (χ1v) is 9.93. The number of aromatic nitrogens is 1. The van der Waals surface area contributed by atoms with Crippen molar-refractivity contribution in [2.75, 3.05) is 5.32 Å². The van der Waals surface area contributed by atoms with Gasteiger partial charge in [-0.05, 0) is 47.4 Å². The van der Waals surface area contributed by atoms with Gasteiger partial charge in [0.1, 0.15) is 11.4 Å². The molecule has 1 amide bonds. The van der Waals surface area contributed by atoms with Gasteiger partial charge in [0.05, 0.1) is 5.56 Å². The van der Waals surface area contributed by atoms with Crippen LogP contribution in [0.25, 0.3) is 6.08 Å². The second-order valence-electron chi connectivity index (χ2n) is 8.15. The molecule has 3 aromatic rings. The van der Waals surface area contributed by atoms with Crippen LogP contribution in [0.4, 0.5) is 18.9 Å². The summed E-state index contributed by atoms with van der Waals surface area (Å²) in [6.45, 7) is 6.19. The average molecular weight is 440 g/mol. The van der Waals surface area contributed by atoms with Gasteiger partial charge in [0.2, 0.25) is 11.8 Å². The standard InChI is InChI=1S/C25H23F3N2O2/c1-24(2,3)19-10-4-5-12-21(19)32-23-20(11-7-15-29-23)30-22(31)14-13-17-8-6-9-18(16-17)25(26,27)28/h4-16H,1-3H3,(H,30,31)/b14-13+. The van der Waals surface area contributed by atoms with Crippen molar-refractivity contribution in [2.24, 2.45) is 0 Å². The summed E-state index contributed by atoms with van der Waals surface area (Å²) < 4.78 is 44.6. The van der Waals surface area contributed by atoms with E-state index >= 15 is 0 Å². The number of carbonyl (C=O) groups is 1. The molecule has 0 fully saturated rings. The van der Waals surface area contributed by atoms with Gasteiger partial charge in [-0.1, -0.05) is 51.1 Å². The number of pyridine rings is 1. The normalized spacial score (nSPS) is 12.1. The van der Waals surface area contributed by atoms with E-state index in [0.717, 1.165) is 23.8 Å². The number of carbonyl (C=O) groups excluding carboxylic acids is 1. The summed E-state index contributed by atoms with van der Waals surface area (Å²) in [4.78, 5) is 16.6. The van der Waals surface area contributed by atoms with Crippen LogP contribution in [-0.2, 0) is 16.4 Å². The lowest BCUT2D eigenvalue weighted by molar-refractivity contribution is -0.137. The largest absolute Gasteiger partial charge is 0.437 e. The Balaban J connectivity index is 1.78. The molecule has 0 bridgehead atoms. The molecular weight excluding hydrogens is 417 g/mol. The molecule has 32 heavy (non-hydrogen) atoms. The summed E-state index contributed by atoms with van der Waals surface area (Å²) in [6, 6.07) is 15.6. The molecule has 4 nitrogen and oxygen atoms in total. The van der Waals surface area contributed by atoms with Crippen LogP contribution >= 0.6 is 0 Å². The number of anilines is 1. The van der Waals surface area contributed by atoms with E-state index in [9.17, 15) is 18.0 Å². The lowest BCUT2D eigenvalue weighted by Gasteiger charge is -2.22. The van der Waals surface area contributed by atoms with Crippen molar-refractivity contribution in [3.63, 3.8) is 0 Å². The number of rotatable bonds is 5.